The maximum atomic E-state index is 11.5. The highest BCUT2D eigenvalue weighted by Gasteiger charge is 2.05. The molecule has 0 aliphatic carbocycles. The van der Waals surface area contributed by atoms with E-state index in [1.54, 1.807) is 31.3 Å². The molecule has 0 aliphatic heterocycles. The van der Waals surface area contributed by atoms with Crippen molar-refractivity contribution < 1.29 is 4.79 Å². The average Bonchev–Trinajstić information content (AvgIpc) is 2.58. The second-order valence-electron chi connectivity index (χ2n) is 5.64. The number of aryl methyl sites for hydroxylation is 1. The van der Waals surface area contributed by atoms with Gasteiger partial charge in [-0.1, -0.05) is 18.2 Å². The summed E-state index contributed by atoms with van der Waals surface area (Å²) in [4.78, 5) is 20.2. The molecule has 5 nitrogen and oxygen atoms in total. The van der Waals surface area contributed by atoms with Crippen molar-refractivity contribution >= 4 is 44.9 Å². The van der Waals surface area contributed by atoms with Crippen molar-refractivity contribution in [2.24, 2.45) is 0 Å². The third kappa shape index (κ3) is 4.42. The van der Waals surface area contributed by atoms with Crippen molar-refractivity contribution in [1.82, 2.24) is 9.97 Å². The molecule has 3 rings (SSSR count). The summed E-state index contributed by atoms with van der Waals surface area (Å²) in [5, 5.41) is 6.39. The van der Waals surface area contributed by atoms with Crippen LogP contribution in [0.25, 0.3) is 0 Å². The quantitative estimate of drug-likeness (QED) is 0.577. The lowest BCUT2D eigenvalue weighted by molar-refractivity contribution is 0.101. The second kappa shape index (κ2) is 7.44. The lowest BCUT2D eigenvalue weighted by Crippen LogP contribution is -2.01. The Kier molecular flexibility index (Phi) is 5.09. The molecule has 0 bridgehead atoms. The maximum absolute atomic E-state index is 11.5. The summed E-state index contributed by atoms with van der Waals surface area (Å²) in [6, 6.07) is 15.1. The van der Waals surface area contributed by atoms with Gasteiger partial charge >= 0.3 is 0 Å². The van der Waals surface area contributed by atoms with E-state index >= 15 is 0 Å². The highest BCUT2D eigenvalue weighted by molar-refractivity contribution is 9.10. The molecule has 1 heterocycles. The van der Waals surface area contributed by atoms with Crippen LogP contribution in [0.15, 0.2) is 59.2 Å². The Morgan fingerprint density at radius 3 is 2.68 bits per heavy atom. The molecular weight excluding hydrogens is 380 g/mol. The Labute approximate surface area is 154 Å². The summed E-state index contributed by atoms with van der Waals surface area (Å²) >= 11 is 3.53. The number of rotatable bonds is 5. The van der Waals surface area contributed by atoms with Gasteiger partial charge in [-0.15, -0.1) is 0 Å². The van der Waals surface area contributed by atoms with Gasteiger partial charge in [0.1, 0.15) is 5.82 Å². The predicted molar refractivity (Wildman–Crippen MR) is 104 cm³/mol. The van der Waals surface area contributed by atoms with Gasteiger partial charge in [-0.25, -0.2) is 4.98 Å². The first-order chi connectivity index (χ1) is 12.0. The van der Waals surface area contributed by atoms with Gasteiger partial charge in [0.25, 0.3) is 0 Å². The molecule has 1 aromatic heterocycles. The largest absolute Gasteiger partial charge is 0.340 e. The van der Waals surface area contributed by atoms with Gasteiger partial charge < -0.3 is 10.6 Å². The number of Topliss-reactive ketones (excluding diaryl/α,β-unsaturated/α-hetero) is 1. The number of halogens is 1. The van der Waals surface area contributed by atoms with Gasteiger partial charge in [-0.2, -0.15) is 4.98 Å². The minimum atomic E-state index is 0.0258. The van der Waals surface area contributed by atoms with Crippen LogP contribution in [-0.2, 0) is 0 Å². The standard InChI is InChI=1S/C19H17BrN4O/c1-12-6-7-17(16(20)10-12)23-19-21-9-8-18(24-19)22-15-5-3-4-14(11-15)13(2)25/h3-11H,1-2H3,(H2,21,22,23,24). The molecule has 0 saturated carbocycles. The Balaban J connectivity index is 1.79. The lowest BCUT2D eigenvalue weighted by atomic mass is 10.1. The number of carbonyl (C=O) groups excluding carboxylic acids is 1. The number of anilines is 4. The smallest absolute Gasteiger partial charge is 0.229 e. The van der Waals surface area contributed by atoms with Crippen LogP contribution in [0.2, 0.25) is 0 Å². The molecule has 0 radical (unpaired) electrons. The molecule has 0 unspecified atom stereocenters. The lowest BCUT2D eigenvalue weighted by Gasteiger charge is -2.10. The van der Waals surface area contributed by atoms with Crippen LogP contribution in [0.3, 0.4) is 0 Å². The van der Waals surface area contributed by atoms with E-state index in [2.05, 4.69) is 36.5 Å². The molecule has 3 aromatic rings. The highest BCUT2D eigenvalue weighted by Crippen LogP contribution is 2.26. The normalized spacial score (nSPS) is 10.4. The minimum absolute atomic E-state index is 0.0258. The molecule has 2 aromatic carbocycles. The van der Waals surface area contributed by atoms with E-state index in [-0.39, 0.29) is 5.78 Å². The summed E-state index contributed by atoms with van der Waals surface area (Å²) in [5.74, 6) is 1.15. The number of carbonyl (C=O) groups is 1. The van der Waals surface area contributed by atoms with E-state index in [4.69, 9.17) is 0 Å². The molecule has 0 saturated heterocycles. The fourth-order valence-electron chi connectivity index (χ4n) is 2.29. The number of nitrogens with one attached hydrogen (secondary N) is 2. The van der Waals surface area contributed by atoms with E-state index in [9.17, 15) is 4.79 Å². The first-order valence-corrected chi connectivity index (χ1v) is 8.55. The molecule has 0 aliphatic rings. The van der Waals surface area contributed by atoms with Gasteiger partial charge in [0.2, 0.25) is 5.95 Å². The van der Waals surface area contributed by atoms with Crippen LogP contribution in [0, 0.1) is 6.92 Å². The van der Waals surface area contributed by atoms with Gasteiger partial charge in [-0.05, 0) is 65.7 Å². The van der Waals surface area contributed by atoms with Crippen LogP contribution < -0.4 is 10.6 Å². The van der Waals surface area contributed by atoms with Crippen LogP contribution in [-0.4, -0.2) is 15.8 Å². The summed E-state index contributed by atoms with van der Waals surface area (Å²) in [6.45, 7) is 3.58. The van der Waals surface area contributed by atoms with E-state index in [1.807, 2.05) is 37.3 Å². The Morgan fingerprint density at radius 2 is 1.92 bits per heavy atom. The molecule has 0 fully saturated rings. The van der Waals surface area contributed by atoms with Crippen molar-refractivity contribution in [1.29, 1.82) is 0 Å². The minimum Gasteiger partial charge on any atom is -0.340 e. The van der Waals surface area contributed by atoms with Crippen molar-refractivity contribution in [3.05, 3.63) is 70.3 Å². The zero-order valence-electron chi connectivity index (χ0n) is 13.9. The monoisotopic (exact) mass is 396 g/mol. The topological polar surface area (TPSA) is 66.9 Å². The highest BCUT2D eigenvalue weighted by atomic mass is 79.9. The fraction of sp³-hybridized carbons (Fsp3) is 0.105. The number of ketones is 1. The second-order valence-corrected chi connectivity index (χ2v) is 6.49. The van der Waals surface area contributed by atoms with Crippen LogP contribution in [0.1, 0.15) is 22.8 Å². The van der Waals surface area contributed by atoms with Gasteiger partial charge in [-0.3, -0.25) is 4.79 Å². The summed E-state index contributed by atoms with van der Waals surface area (Å²) < 4.78 is 0.948. The summed E-state index contributed by atoms with van der Waals surface area (Å²) in [6.07, 6.45) is 1.68. The van der Waals surface area contributed by atoms with Crippen LogP contribution in [0.4, 0.5) is 23.1 Å². The van der Waals surface area contributed by atoms with Gasteiger partial charge in [0, 0.05) is 21.9 Å². The van der Waals surface area contributed by atoms with Crippen molar-refractivity contribution in [3.8, 4) is 0 Å². The first kappa shape index (κ1) is 17.1. The number of benzene rings is 2. The zero-order valence-corrected chi connectivity index (χ0v) is 15.5. The Hall–Kier alpha value is -2.73. The maximum Gasteiger partial charge on any atom is 0.229 e. The third-order valence-corrected chi connectivity index (χ3v) is 4.22. The average molecular weight is 397 g/mol. The molecular formula is C19H17BrN4O. The zero-order chi connectivity index (χ0) is 17.8. The van der Waals surface area contributed by atoms with Crippen molar-refractivity contribution in [2.75, 3.05) is 10.6 Å². The van der Waals surface area contributed by atoms with E-state index in [0.29, 0.717) is 17.3 Å². The third-order valence-electron chi connectivity index (χ3n) is 3.57. The number of hydrogen-bond donors (Lipinski definition) is 2. The van der Waals surface area contributed by atoms with Crippen LogP contribution in [0.5, 0.6) is 0 Å². The van der Waals surface area contributed by atoms with E-state index in [1.165, 1.54) is 5.56 Å². The molecule has 6 heteroatoms. The molecule has 0 spiro atoms. The molecule has 0 atom stereocenters. The molecule has 25 heavy (non-hydrogen) atoms. The van der Waals surface area contributed by atoms with E-state index in [0.717, 1.165) is 15.8 Å². The summed E-state index contributed by atoms with van der Waals surface area (Å²) in [5.41, 5.74) is 3.51. The molecule has 126 valence electrons. The Bertz CT molecular complexity index is 927. The van der Waals surface area contributed by atoms with Gasteiger partial charge in [0.05, 0.1) is 5.69 Å². The van der Waals surface area contributed by atoms with Crippen molar-refractivity contribution in [3.63, 3.8) is 0 Å². The summed E-state index contributed by atoms with van der Waals surface area (Å²) in [7, 11) is 0. The van der Waals surface area contributed by atoms with E-state index < -0.39 is 0 Å². The molecule has 0 amide bonds. The number of hydrogen-bond acceptors (Lipinski definition) is 5. The first-order valence-electron chi connectivity index (χ1n) is 7.75. The van der Waals surface area contributed by atoms with Crippen LogP contribution >= 0.6 is 15.9 Å². The number of aromatic nitrogens is 2. The van der Waals surface area contributed by atoms with Gasteiger partial charge in [0.15, 0.2) is 5.78 Å². The fourth-order valence-corrected chi connectivity index (χ4v) is 2.89. The number of nitrogens with zero attached hydrogens (tertiary/aromatic N) is 2. The Morgan fingerprint density at radius 1 is 1.08 bits per heavy atom. The van der Waals surface area contributed by atoms with Crippen molar-refractivity contribution in [2.45, 2.75) is 13.8 Å². The molecule has 2 N–H and O–H groups in total. The SMILES string of the molecule is CC(=O)c1cccc(Nc2ccnc(Nc3ccc(C)cc3Br)n2)c1. The predicted octanol–water partition coefficient (Wildman–Crippen LogP) is 5.24.